The first-order chi connectivity index (χ1) is 8.70. The smallest absolute Gasteiger partial charge is 0.160 e. The van der Waals surface area contributed by atoms with Crippen LogP contribution in [0.3, 0.4) is 0 Å². The Kier molecular flexibility index (Phi) is 3.88. The Morgan fingerprint density at radius 2 is 1.83 bits per heavy atom. The number of phenols is 1. The van der Waals surface area contributed by atoms with Gasteiger partial charge >= 0.3 is 0 Å². The van der Waals surface area contributed by atoms with Crippen LogP contribution in [-0.4, -0.2) is 12.2 Å². The highest BCUT2D eigenvalue weighted by molar-refractivity contribution is 5.42. The van der Waals surface area contributed by atoms with Gasteiger partial charge in [-0.1, -0.05) is 43.3 Å². The Morgan fingerprint density at radius 1 is 1.11 bits per heavy atom. The van der Waals surface area contributed by atoms with Gasteiger partial charge in [-0.25, -0.2) is 0 Å². The topological polar surface area (TPSA) is 29.5 Å². The maximum absolute atomic E-state index is 9.75. The fraction of sp³-hybridized carbons (Fsp3) is 0.250. The minimum absolute atomic E-state index is 0.204. The number of phenolic OH excluding ortho intramolecular Hbond substituents is 1. The lowest BCUT2D eigenvalue weighted by molar-refractivity contribution is 0.373. The summed E-state index contributed by atoms with van der Waals surface area (Å²) in [5.74, 6) is 1.15. The van der Waals surface area contributed by atoms with Gasteiger partial charge in [-0.2, -0.15) is 0 Å². The summed E-state index contributed by atoms with van der Waals surface area (Å²) < 4.78 is 5.04. The molecule has 0 fully saturated rings. The monoisotopic (exact) mass is 242 g/mol. The van der Waals surface area contributed by atoms with E-state index in [2.05, 4.69) is 31.2 Å². The second kappa shape index (κ2) is 5.58. The highest BCUT2D eigenvalue weighted by atomic mass is 16.5. The molecular formula is C16H18O2. The molecule has 1 unspecified atom stereocenters. The molecule has 0 saturated heterocycles. The Balaban J connectivity index is 2.12. The quantitative estimate of drug-likeness (QED) is 0.884. The first-order valence-corrected chi connectivity index (χ1v) is 6.11. The molecule has 2 aromatic carbocycles. The second-order valence-electron chi connectivity index (χ2n) is 4.52. The van der Waals surface area contributed by atoms with Crippen molar-refractivity contribution in [3.05, 3.63) is 59.7 Å². The average molecular weight is 242 g/mol. The molecule has 0 aromatic heterocycles. The van der Waals surface area contributed by atoms with Gasteiger partial charge in [0.25, 0.3) is 0 Å². The first-order valence-electron chi connectivity index (χ1n) is 6.11. The summed E-state index contributed by atoms with van der Waals surface area (Å²) in [6.45, 7) is 2.19. The van der Waals surface area contributed by atoms with Gasteiger partial charge in [0.2, 0.25) is 0 Å². The van der Waals surface area contributed by atoms with Crippen LogP contribution in [-0.2, 0) is 6.42 Å². The van der Waals surface area contributed by atoms with E-state index in [0.717, 1.165) is 12.0 Å². The van der Waals surface area contributed by atoms with Crippen LogP contribution in [0.25, 0.3) is 0 Å². The van der Waals surface area contributed by atoms with E-state index in [-0.39, 0.29) is 5.75 Å². The van der Waals surface area contributed by atoms with Crippen LogP contribution in [0.2, 0.25) is 0 Å². The second-order valence-corrected chi connectivity index (χ2v) is 4.52. The number of rotatable bonds is 4. The largest absolute Gasteiger partial charge is 0.504 e. The van der Waals surface area contributed by atoms with Crippen molar-refractivity contribution in [1.29, 1.82) is 0 Å². The third-order valence-electron chi connectivity index (χ3n) is 3.15. The predicted octanol–water partition coefficient (Wildman–Crippen LogP) is 3.75. The number of hydrogen-bond donors (Lipinski definition) is 1. The Morgan fingerprint density at radius 3 is 2.44 bits per heavy atom. The Labute approximate surface area is 108 Å². The SMILES string of the molecule is COc1ccc(CC(C)c2ccccc2)cc1O. The van der Waals surface area contributed by atoms with Gasteiger partial charge in [0, 0.05) is 0 Å². The fourth-order valence-electron chi connectivity index (χ4n) is 2.12. The van der Waals surface area contributed by atoms with Crippen molar-refractivity contribution < 1.29 is 9.84 Å². The van der Waals surface area contributed by atoms with Gasteiger partial charge in [0.05, 0.1) is 7.11 Å². The molecule has 0 spiro atoms. The van der Waals surface area contributed by atoms with Gasteiger partial charge in [-0.15, -0.1) is 0 Å². The molecule has 0 heterocycles. The standard InChI is InChI=1S/C16H18O2/c1-12(14-6-4-3-5-7-14)10-13-8-9-16(18-2)15(17)11-13/h3-9,11-12,17H,10H2,1-2H3. The lowest BCUT2D eigenvalue weighted by atomic mass is 9.94. The van der Waals surface area contributed by atoms with E-state index in [1.165, 1.54) is 5.56 Å². The van der Waals surface area contributed by atoms with Crippen LogP contribution < -0.4 is 4.74 Å². The zero-order valence-electron chi connectivity index (χ0n) is 10.8. The summed E-state index contributed by atoms with van der Waals surface area (Å²) in [6.07, 6.45) is 0.904. The highest BCUT2D eigenvalue weighted by Crippen LogP contribution is 2.28. The van der Waals surface area contributed by atoms with E-state index >= 15 is 0 Å². The molecule has 0 amide bonds. The number of aromatic hydroxyl groups is 1. The molecule has 1 atom stereocenters. The van der Waals surface area contributed by atoms with Gasteiger partial charge in [0.1, 0.15) is 0 Å². The maximum Gasteiger partial charge on any atom is 0.160 e. The molecule has 1 N–H and O–H groups in total. The molecule has 0 aliphatic carbocycles. The summed E-state index contributed by atoms with van der Waals surface area (Å²) in [7, 11) is 1.56. The molecule has 18 heavy (non-hydrogen) atoms. The summed E-state index contributed by atoms with van der Waals surface area (Å²) in [6, 6.07) is 16.0. The van der Waals surface area contributed by atoms with Crippen molar-refractivity contribution in [1.82, 2.24) is 0 Å². The first kappa shape index (κ1) is 12.5. The van der Waals surface area contributed by atoms with Crippen LogP contribution in [0.5, 0.6) is 11.5 Å². The summed E-state index contributed by atoms with van der Waals surface area (Å²) in [5, 5.41) is 9.75. The molecule has 2 rings (SSSR count). The van der Waals surface area contributed by atoms with Gasteiger partial charge in [-0.05, 0) is 35.6 Å². The zero-order valence-corrected chi connectivity index (χ0v) is 10.8. The molecule has 0 aliphatic heterocycles. The molecule has 2 nitrogen and oxygen atoms in total. The van der Waals surface area contributed by atoms with Gasteiger partial charge < -0.3 is 9.84 Å². The highest BCUT2D eigenvalue weighted by Gasteiger charge is 2.08. The fourth-order valence-corrected chi connectivity index (χ4v) is 2.12. The minimum atomic E-state index is 0.204. The third-order valence-corrected chi connectivity index (χ3v) is 3.15. The van der Waals surface area contributed by atoms with Crippen LogP contribution in [0.1, 0.15) is 24.0 Å². The van der Waals surface area contributed by atoms with Crippen LogP contribution in [0.4, 0.5) is 0 Å². The van der Waals surface area contributed by atoms with E-state index in [1.54, 1.807) is 13.2 Å². The van der Waals surface area contributed by atoms with Crippen molar-refractivity contribution >= 4 is 0 Å². The van der Waals surface area contributed by atoms with E-state index < -0.39 is 0 Å². The molecule has 0 radical (unpaired) electrons. The van der Waals surface area contributed by atoms with Crippen LogP contribution in [0.15, 0.2) is 48.5 Å². The molecule has 2 aromatic rings. The van der Waals surface area contributed by atoms with E-state index in [0.29, 0.717) is 11.7 Å². The number of methoxy groups -OCH3 is 1. The molecule has 0 saturated carbocycles. The molecule has 94 valence electrons. The summed E-state index contributed by atoms with van der Waals surface area (Å²) in [4.78, 5) is 0. The van der Waals surface area contributed by atoms with E-state index in [4.69, 9.17) is 4.74 Å². The van der Waals surface area contributed by atoms with Gasteiger partial charge in [0.15, 0.2) is 11.5 Å². The van der Waals surface area contributed by atoms with Crippen molar-refractivity contribution in [2.45, 2.75) is 19.3 Å². The minimum Gasteiger partial charge on any atom is -0.504 e. The van der Waals surface area contributed by atoms with Crippen LogP contribution >= 0.6 is 0 Å². The van der Waals surface area contributed by atoms with Crippen molar-refractivity contribution in [3.63, 3.8) is 0 Å². The van der Waals surface area contributed by atoms with Crippen molar-refractivity contribution in [2.75, 3.05) is 7.11 Å². The maximum atomic E-state index is 9.75. The summed E-state index contributed by atoms with van der Waals surface area (Å²) >= 11 is 0. The number of ether oxygens (including phenoxy) is 1. The molecule has 2 heteroatoms. The van der Waals surface area contributed by atoms with E-state index in [1.807, 2.05) is 18.2 Å². The summed E-state index contributed by atoms with van der Waals surface area (Å²) in [5.41, 5.74) is 2.43. The normalized spacial score (nSPS) is 12.1. The van der Waals surface area contributed by atoms with Gasteiger partial charge in [-0.3, -0.25) is 0 Å². The Bertz CT molecular complexity index is 506. The lowest BCUT2D eigenvalue weighted by Crippen LogP contribution is -1.98. The van der Waals surface area contributed by atoms with Crippen molar-refractivity contribution in [2.24, 2.45) is 0 Å². The average Bonchev–Trinajstić information content (AvgIpc) is 2.40. The molecule has 0 bridgehead atoms. The lowest BCUT2D eigenvalue weighted by Gasteiger charge is -2.13. The zero-order chi connectivity index (χ0) is 13.0. The van der Waals surface area contributed by atoms with Crippen molar-refractivity contribution in [3.8, 4) is 11.5 Å². The number of hydrogen-bond acceptors (Lipinski definition) is 2. The number of benzene rings is 2. The predicted molar refractivity (Wildman–Crippen MR) is 73.2 cm³/mol. The molecule has 0 aliphatic rings. The third kappa shape index (κ3) is 2.83. The Hall–Kier alpha value is -1.96. The van der Waals surface area contributed by atoms with E-state index in [9.17, 15) is 5.11 Å². The molecular weight excluding hydrogens is 224 g/mol. The van der Waals surface area contributed by atoms with Crippen LogP contribution in [0, 0.1) is 0 Å².